The largest absolute Gasteiger partial charge is 0.460 e. The maximum absolute atomic E-state index is 11.1. The first-order valence-corrected chi connectivity index (χ1v) is 5.78. The van der Waals surface area contributed by atoms with Crippen LogP contribution in [0.15, 0.2) is 24.3 Å². The van der Waals surface area contributed by atoms with E-state index >= 15 is 0 Å². The molecule has 108 valence electrons. The van der Waals surface area contributed by atoms with E-state index < -0.39 is 11.9 Å². The van der Waals surface area contributed by atoms with E-state index in [2.05, 4.69) is 22.9 Å². The number of esters is 1. The van der Waals surface area contributed by atoms with E-state index in [0.29, 0.717) is 5.57 Å². The molecule has 0 saturated heterocycles. The third-order valence-corrected chi connectivity index (χ3v) is 1.85. The third kappa shape index (κ3) is 8.98. The monoisotopic (exact) mass is 272 g/mol. The summed E-state index contributed by atoms with van der Waals surface area (Å²) in [6, 6.07) is 0. The molecule has 0 fully saturated rings. The van der Waals surface area contributed by atoms with Gasteiger partial charge in [-0.05, 0) is 20.8 Å². The number of rotatable bonds is 9. The molecule has 0 amide bonds. The van der Waals surface area contributed by atoms with Gasteiger partial charge in [0, 0.05) is 11.1 Å². The van der Waals surface area contributed by atoms with Gasteiger partial charge >= 0.3 is 11.9 Å². The molecule has 0 saturated carbocycles. The third-order valence-electron chi connectivity index (χ3n) is 1.85. The first-order valence-electron chi connectivity index (χ1n) is 5.78. The highest BCUT2D eigenvalue weighted by atomic mass is 17.2. The fourth-order valence-corrected chi connectivity index (χ4v) is 0.814. The molecule has 0 heterocycles. The Morgan fingerprint density at radius 2 is 1.63 bits per heavy atom. The molecule has 0 bridgehead atoms. The second-order valence-corrected chi connectivity index (χ2v) is 4.03. The number of carbonyl (C=O) groups excluding carboxylic acids is 2. The van der Waals surface area contributed by atoms with Gasteiger partial charge in [0.2, 0.25) is 0 Å². The van der Waals surface area contributed by atoms with Gasteiger partial charge in [0.1, 0.15) is 13.2 Å². The van der Waals surface area contributed by atoms with Crippen LogP contribution in [0.5, 0.6) is 0 Å². The summed E-state index contributed by atoms with van der Waals surface area (Å²) in [4.78, 5) is 31.0. The molecular weight excluding hydrogens is 252 g/mol. The zero-order valence-electron chi connectivity index (χ0n) is 11.6. The van der Waals surface area contributed by atoms with Gasteiger partial charge in [-0.15, -0.1) is 0 Å². The van der Waals surface area contributed by atoms with Gasteiger partial charge in [-0.25, -0.2) is 9.59 Å². The van der Waals surface area contributed by atoms with Crippen LogP contribution < -0.4 is 0 Å². The highest BCUT2D eigenvalue weighted by Gasteiger charge is 2.08. The molecule has 6 nitrogen and oxygen atoms in total. The lowest BCUT2D eigenvalue weighted by Gasteiger charge is -2.13. The summed E-state index contributed by atoms with van der Waals surface area (Å²) in [6.07, 6.45) is -0.288. The molecule has 19 heavy (non-hydrogen) atoms. The van der Waals surface area contributed by atoms with Crippen LogP contribution in [-0.4, -0.2) is 37.9 Å². The quantitative estimate of drug-likeness (QED) is 0.208. The molecular formula is C13H20O6. The van der Waals surface area contributed by atoms with Crippen LogP contribution >= 0.6 is 0 Å². The molecule has 0 aromatic carbocycles. The van der Waals surface area contributed by atoms with E-state index in [4.69, 9.17) is 9.47 Å². The summed E-state index contributed by atoms with van der Waals surface area (Å²) in [7, 11) is 0. The molecule has 0 rings (SSSR count). The zero-order chi connectivity index (χ0) is 14.8. The lowest BCUT2D eigenvalue weighted by atomic mass is 10.3. The minimum absolute atomic E-state index is 0.0811. The average molecular weight is 272 g/mol. The van der Waals surface area contributed by atoms with Gasteiger partial charge in [0.05, 0.1) is 12.7 Å². The standard InChI is InChI=1S/C13H20O6/c1-9(2)12(14)17-8-11(5)16-6-7-18-19-13(15)10(3)4/h11H,1,3,6-8H2,2,4-5H3. The molecule has 0 spiro atoms. The Bertz CT molecular complexity index is 347. The minimum Gasteiger partial charge on any atom is -0.460 e. The van der Waals surface area contributed by atoms with Crippen molar-refractivity contribution in [2.75, 3.05) is 19.8 Å². The van der Waals surface area contributed by atoms with Crippen LogP contribution in [0, 0.1) is 0 Å². The van der Waals surface area contributed by atoms with Crippen LogP contribution in [0.4, 0.5) is 0 Å². The second-order valence-electron chi connectivity index (χ2n) is 4.03. The van der Waals surface area contributed by atoms with Crippen molar-refractivity contribution in [3.05, 3.63) is 24.3 Å². The molecule has 0 radical (unpaired) electrons. The predicted octanol–water partition coefficient (Wildman–Crippen LogP) is 1.56. The Labute approximate surface area is 112 Å². The fraction of sp³-hybridized carbons (Fsp3) is 0.538. The molecule has 6 heteroatoms. The number of hydrogen-bond donors (Lipinski definition) is 0. The number of hydrogen-bond acceptors (Lipinski definition) is 6. The van der Waals surface area contributed by atoms with Gasteiger partial charge in [0.15, 0.2) is 0 Å². The van der Waals surface area contributed by atoms with Crippen molar-refractivity contribution in [3.8, 4) is 0 Å². The topological polar surface area (TPSA) is 71.1 Å². The van der Waals surface area contributed by atoms with Crippen molar-refractivity contribution < 1.29 is 28.8 Å². The van der Waals surface area contributed by atoms with E-state index in [-0.39, 0.29) is 31.5 Å². The van der Waals surface area contributed by atoms with Crippen molar-refractivity contribution in [2.24, 2.45) is 0 Å². The average Bonchev–Trinajstić information content (AvgIpc) is 2.34. The summed E-state index contributed by atoms with van der Waals surface area (Å²) in [5, 5.41) is 0. The summed E-state index contributed by atoms with van der Waals surface area (Å²) >= 11 is 0. The Morgan fingerprint density at radius 1 is 1.05 bits per heavy atom. The van der Waals surface area contributed by atoms with Crippen molar-refractivity contribution in [2.45, 2.75) is 26.9 Å². The highest BCUT2D eigenvalue weighted by Crippen LogP contribution is 1.98. The summed E-state index contributed by atoms with van der Waals surface area (Å²) in [5.41, 5.74) is 0.586. The highest BCUT2D eigenvalue weighted by molar-refractivity contribution is 5.87. The number of ether oxygens (including phenoxy) is 2. The Kier molecular flexibility index (Phi) is 8.48. The summed E-state index contributed by atoms with van der Waals surface area (Å²) in [6.45, 7) is 12.1. The van der Waals surface area contributed by atoms with E-state index in [0.717, 1.165) is 0 Å². The predicted molar refractivity (Wildman–Crippen MR) is 68.0 cm³/mol. The van der Waals surface area contributed by atoms with Crippen LogP contribution in [0.3, 0.4) is 0 Å². The maximum Gasteiger partial charge on any atom is 0.368 e. The van der Waals surface area contributed by atoms with Gasteiger partial charge in [-0.1, -0.05) is 13.2 Å². The SMILES string of the molecule is C=C(C)C(=O)OCC(C)OCCOOC(=O)C(=C)C. The Balaban J connectivity index is 3.56. The molecule has 0 aliphatic carbocycles. The molecule has 0 aromatic rings. The van der Waals surface area contributed by atoms with E-state index in [1.807, 2.05) is 0 Å². The normalized spacial score (nSPS) is 11.5. The lowest BCUT2D eigenvalue weighted by Crippen LogP contribution is -2.21. The zero-order valence-corrected chi connectivity index (χ0v) is 11.6. The van der Waals surface area contributed by atoms with Crippen molar-refractivity contribution in [1.82, 2.24) is 0 Å². The number of carbonyl (C=O) groups is 2. The summed E-state index contributed by atoms with van der Waals surface area (Å²) in [5.74, 6) is -1.08. The molecule has 1 atom stereocenters. The molecule has 1 unspecified atom stereocenters. The van der Waals surface area contributed by atoms with Crippen LogP contribution in [-0.2, 0) is 28.8 Å². The van der Waals surface area contributed by atoms with Crippen molar-refractivity contribution >= 4 is 11.9 Å². The van der Waals surface area contributed by atoms with Crippen LogP contribution in [0.2, 0.25) is 0 Å². The van der Waals surface area contributed by atoms with Gasteiger partial charge in [-0.2, -0.15) is 4.89 Å². The minimum atomic E-state index is -0.622. The lowest BCUT2D eigenvalue weighted by molar-refractivity contribution is -0.273. The molecule has 0 N–H and O–H groups in total. The second kappa shape index (κ2) is 9.29. The van der Waals surface area contributed by atoms with Crippen LogP contribution in [0.1, 0.15) is 20.8 Å². The van der Waals surface area contributed by atoms with Crippen LogP contribution in [0.25, 0.3) is 0 Å². The smallest absolute Gasteiger partial charge is 0.368 e. The van der Waals surface area contributed by atoms with Gasteiger partial charge in [-0.3, -0.25) is 4.89 Å². The fourth-order valence-electron chi connectivity index (χ4n) is 0.814. The Morgan fingerprint density at radius 3 is 2.16 bits per heavy atom. The Hall–Kier alpha value is -1.66. The van der Waals surface area contributed by atoms with Crippen molar-refractivity contribution in [1.29, 1.82) is 0 Å². The van der Waals surface area contributed by atoms with E-state index in [1.54, 1.807) is 13.8 Å². The molecule has 0 aliphatic heterocycles. The summed E-state index contributed by atoms with van der Waals surface area (Å²) < 4.78 is 10.2. The van der Waals surface area contributed by atoms with Gasteiger partial charge < -0.3 is 9.47 Å². The van der Waals surface area contributed by atoms with Crippen molar-refractivity contribution in [3.63, 3.8) is 0 Å². The first kappa shape index (κ1) is 17.3. The maximum atomic E-state index is 11.1. The first-order chi connectivity index (χ1) is 8.84. The van der Waals surface area contributed by atoms with E-state index in [9.17, 15) is 9.59 Å². The molecule has 0 aromatic heterocycles. The van der Waals surface area contributed by atoms with E-state index in [1.165, 1.54) is 6.92 Å². The molecule has 0 aliphatic rings. The van der Waals surface area contributed by atoms with Gasteiger partial charge in [0.25, 0.3) is 0 Å².